The number of thioether (sulfide) groups is 1. The number of amides is 1. The van der Waals surface area contributed by atoms with E-state index in [1.807, 2.05) is 32.0 Å². The van der Waals surface area contributed by atoms with Crippen LogP contribution >= 0.6 is 11.8 Å². The van der Waals surface area contributed by atoms with Gasteiger partial charge in [-0.2, -0.15) is 0 Å². The Hall–Kier alpha value is -2.93. The van der Waals surface area contributed by atoms with Crippen molar-refractivity contribution in [3.05, 3.63) is 52.6 Å². The molecule has 142 valence electrons. The largest absolute Gasteiger partial charge is 0.337 e. The van der Waals surface area contributed by atoms with Crippen molar-refractivity contribution in [3.63, 3.8) is 0 Å². The van der Waals surface area contributed by atoms with Crippen LogP contribution in [0.15, 0.2) is 35.5 Å². The van der Waals surface area contributed by atoms with Gasteiger partial charge in [-0.15, -0.1) is 10.2 Å². The van der Waals surface area contributed by atoms with Crippen LogP contribution in [0.4, 0.5) is 5.69 Å². The van der Waals surface area contributed by atoms with Crippen LogP contribution in [-0.4, -0.2) is 31.8 Å². The summed E-state index contributed by atoms with van der Waals surface area (Å²) < 4.78 is 0. The number of H-pyrrole nitrogens is 1. The topological polar surface area (TPSA) is 83.6 Å². The standard InChI is InChI=1S/C21H21N5OS/c1-11-8-13(3)18-15(9-11)19-20(23-18)24-21(26-25-19)28-10-17(27)22-16-7-5-6-12(2)14(16)4/h5-9H,10H2,1-4H3,(H,22,27)(H,23,24,26). The van der Waals surface area contributed by atoms with Crippen molar-refractivity contribution in [2.24, 2.45) is 0 Å². The zero-order valence-corrected chi connectivity index (χ0v) is 17.1. The molecule has 0 spiro atoms. The van der Waals surface area contributed by atoms with Gasteiger partial charge >= 0.3 is 0 Å². The quantitative estimate of drug-likeness (QED) is 0.502. The minimum absolute atomic E-state index is 0.0921. The lowest BCUT2D eigenvalue weighted by Gasteiger charge is -2.09. The molecule has 2 aromatic heterocycles. The average Bonchev–Trinajstić information content (AvgIpc) is 3.02. The summed E-state index contributed by atoms with van der Waals surface area (Å²) >= 11 is 1.27. The summed E-state index contributed by atoms with van der Waals surface area (Å²) in [5.74, 6) is 0.129. The SMILES string of the molecule is Cc1cc(C)c2[nH]c3nc(SCC(=O)Nc4cccc(C)c4C)nnc3c2c1. The molecule has 2 aromatic carbocycles. The molecule has 1 amide bonds. The first kappa shape index (κ1) is 18.4. The summed E-state index contributed by atoms with van der Waals surface area (Å²) in [6, 6.07) is 10.1. The number of carbonyl (C=O) groups excluding carboxylic acids is 1. The van der Waals surface area contributed by atoms with Crippen molar-refractivity contribution in [2.45, 2.75) is 32.9 Å². The summed E-state index contributed by atoms with van der Waals surface area (Å²) in [5, 5.41) is 13.0. The number of carbonyl (C=O) groups is 1. The van der Waals surface area contributed by atoms with Crippen LogP contribution < -0.4 is 5.32 Å². The molecule has 4 rings (SSSR count). The molecule has 0 radical (unpaired) electrons. The van der Waals surface area contributed by atoms with Gasteiger partial charge in [0.15, 0.2) is 5.65 Å². The maximum atomic E-state index is 12.3. The smallest absolute Gasteiger partial charge is 0.234 e. The Morgan fingerprint density at radius 1 is 1.11 bits per heavy atom. The van der Waals surface area contributed by atoms with E-state index in [0.29, 0.717) is 10.8 Å². The molecule has 0 aliphatic heterocycles. The first-order chi connectivity index (χ1) is 13.4. The van der Waals surface area contributed by atoms with E-state index in [1.54, 1.807) is 0 Å². The van der Waals surface area contributed by atoms with E-state index in [1.165, 1.54) is 17.3 Å². The normalized spacial score (nSPS) is 11.3. The van der Waals surface area contributed by atoms with Gasteiger partial charge in [-0.25, -0.2) is 4.98 Å². The number of aryl methyl sites for hydroxylation is 3. The fraction of sp³-hybridized carbons (Fsp3) is 0.238. The van der Waals surface area contributed by atoms with Crippen LogP contribution in [-0.2, 0) is 4.79 Å². The fourth-order valence-corrected chi connectivity index (χ4v) is 3.87. The molecule has 7 heteroatoms. The van der Waals surface area contributed by atoms with Gasteiger partial charge < -0.3 is 10.3 Å². The lowest BCUT2D eigenvalue weighted by molar-refractivity contribution is -0.113. The predicted molar refractivity (Wildman–Crippen MR) is 114 cm³/mol. The third kappa shape index (κ3) is 3.45. The molecule has 6 nitrogen and oxygen atoms in total. The van der Waals surface area contributed by atoms with Crippen LogP contribution in [0.1, 0.15) is 22.3 Å². The lowest BCUT2D eigenvalue weighted by atomic mass is 10.1. The number of fused-ring (bicyclic) bond motifs is 3. The van der Waals surface area contributed by atoms with Crippen LogP contribution in [0.5, 0.6) is 0 Å². The summed E-state index contributed by atoms with van der Waals surface area (Å²) in [5.41, 5.74) is 7.85. The highest BCUT2D eigenvalue weighted by Gasteiger charge is 2.13. The molecule has 2 N–H and O–H groups in total. The highest BCUT2D eigenvalue weighted by atomic mass is 32.2. The number of hydrogen-bond donors (Lipinski definition) is 2. The molecule has 0 aliphatic carbocycles. The van der Waals surface area contributed by atoms with Crippen molar-refractivity contribution in [1.29, 1.82) is 0 Å². The van der Waals surface area contributed by atoms with E-state index >= 15 is 0 Å². The van der Waals surface area contributed by atoms with Crippen LogP contribution in [0.3, 0.4) is 0 Å². The van der Waals surface area contributed by atoms with Crippen molar-refractivity contribution in [1.82, 2.24) is 20.2 Å². The monoisotopic (exact) mass is 391 g/mol. The van der Waals surface area contributed by atoms with E-state index in [-0.39, 0.29) is 11.7 Å². The zero-order valence-electron chi connectivity index (χ0n) is 16.3. The molecule has 2 heterocycles. The number of nitrogens with one attached hydrogen (secondary N) is 2. The van der Waals surface area contributed by atoms with E-state index in [0.717, 1.165) is 38.8 Å². The van der Waals surface area contributed by atoms with Gasteiger partial charge in [0, 0.05) is 11.1 Å². The summed E-state index contributed by atoms with van der Waals surface area (Å²) in [6.07, 6.45) is 0. The van der Waals surface area contributed by atoms with Gasteiger partial charge in [0.05, 0.1) is 11.3 Å². The highest BCUT2D eigenvalue weighted by Crippen LogP contribution is 2.27. The minimum atomic E-state index is -0.0921. The Kier molecular flexibility index (Phi) is 4.77. The molecule has 28 heavy (non-hydrogen) atoms. The predicted octanol–water partition coefficient (Wildman–Crippen LogP) is 4.47. The first-order valence-electron chi connectivity index (χ1n) is 9.04. The zero-order chi connectivity index (χ0) is 19.8. The van der Waals surface area contributed by atoms with Gasteiger partial charge in [0.25, 0.3) is 0 Å². The van der Waals surface area contributed by atoms with Crippen molar-refractivity contribution >= 4 is 45.4 Å². The molecular weight excluding hydrogens is 370 g/mol. The van der Waals surface area contributed by atoms with Crippen LogP contribution in [0, 0.1) is 27.7 Å². The van der Waals surface area contributed by atoms with Gasteiger partial charge in [-0.05, 0) is 56.5 Å². The number of aromatic nitrogens is 4. The van der Waals surface area contributed by atoms with E-state index in [4.69, 9.17) is 0 Å². The summed E-state index contributed by atoms with van der Waals surface area (Å²) in [7, 11) is 0. The van der Waals surface area contributed by atoms with Gasteiger partial charge in [-0.1, -0.05) is 35.5 Å². The number of hydrogen-bond acceptors (Lipinski definition) is 5. The second-order valence-electron chi connectivity index (χ2n) is 7.01. The second-order valence-corrected chi connectivity index (χ2v) is 7.95. The van der Waals surface area contributed by atoms with Crippen molar-refractivity contribution in [3.8, 4) is 0 Å². The summed E-state index contributed by atoms with van der Waals surface area (Å²) in [4.78, 5) is 20.2. The average molecular weight is 392 g/mol. The highest BCUT2D eigenvalue weighted by molar-refractivity contribution is 7.99. The molecule has 0 bridgehead atoms. The summed E-state index contributed by atoms with van der Waals surface area (Å²) in [6.45, 7) is 8.15. The molecule has 0 aliphatic rings. The Labute approximate surface area is 167 Å². The second kappa shape index (κ2) is 7.24. The van der Waals surface area contributed by atoms with Gasteiger partial charge in [0.1, 0.15) is 5.52 Å². The molecular formula is C21H21N5OS. The number of benzene rings is 2. The third-order valence-corrected chi connectivity index (χ3v) is 5.69. The fourth-order valence-electron chi connectivity index (χ4n) is 3.28. The van der Waals surface area contributed by atoms with Crippen LogP contribution in [0.2, 0.25) is 0 Å². The maximum absolute atomic E-state index is 12.3. The number of anilines is 1. The molecule has 0 fully saturated rings. The van der Waals surface area contributed by atoms with Gasteiger partial charge in [-0.3, -0.25) is 4.79 Å². The van der Waals surface area contributed by atoms with Crippen molar-refractivity contribution < 1.29 is 4.79 Å². The molecule has 0 saturated carbocycles. The van der Waals surface area contributed by atoms with Crippen molar-refractivity contribution in [2.75, 3.05) is 11.1 Å². The van der Waals surface area contributed by atoms with E-state index < -0.39 is 0 Å². The molecule has 0 atom stereocenters. The third-order valence-electron chi connectivity index (χ3n) is 4.86. The van der Waals surface area contributed by atoms with Crippen LogP contribution in [0.25, 0.3) is 22.1 Å². The number of aromatic amines is 1. The molecule has 0 unspecified atom stereocenters. The first-order valence-corrected chi connectivity index (χ1v) is 10.0. The van der Waals surface area contributed by atoms with E-state index in [9.17, 15) is 4.79 Å². The lowest BCUT2D eigenvalue weighted by Crippen LogP contribution is -2.15. The Morgan fingerprint density at radius 2 is 1.93 bits per heavy atom. The van der Waals surface area contributed by atoms with Gasteiger partial charge in [0.2, 0.25) is 11.1 Å². The van der Waals surface area contributed by atoms with E-state index in [2.05, 4.69) is 51.5 Å². The number of nitrogens with zero attached hydrogens (tertiary/aromatic N) is 3. The minimum Gasteiger partial charge on any atom is -0.337 e. The Bertz CT molecular complexity index is 1210. The Morgan fingerprint density at radius 3 is 2.75 bits per heavy atom. The molecule has 4 aromatic rings. The number of rotatable bonds is 4. The maximum Gasteiger partial charge on any atom is 0.234 e. The molecule has 0 saturated heterocycles. The Balaban J connectivity index is 1.52.